The molecule has 1 unspecified atom stereocenters. The molecule has 41 heavy (non-hydrogen) atoms. The number of ether oxygens (including phenoxy) is 2. The summed E-state index contributed by atoms with van der Waals surface area (Å²) in [4.78, 5) is 19.6. The van der Waals surface area contributed by atoms with E-state index in [1.807, 2.05) is 47.9 Å². The van der Waals surface area contributed by atoms with Crippen LogP contribution in [0.3, 0.4) is 0 Å². The van der Waals surface area contributed by atoms with Crippen molar-refractivity contribution in [3.8, 4) is 28.0 Å². The number of primary amides is 1. The normalized spacial score (nSPS) is 15.3. The van der Waals surface area contributed by atoms with E-state index in [1.165, 1.54) is 11.3 Å². The van der Waals surface area contributed by atoms with Crippen LogP contribution in [0.1, 0.15) is 47.0 Å². The number of thiophene rings is 1. The van der Waals surface area contributed by atoms with Crippen LogP contribution < -0.4 is 15.2 Å². The van der Waals surface area contributed by atoms with Crippen LogP contribution in [0.15, 0.2) is 53.2 Å². The van der Waals surface area contributed by atoms with Crippen molar-refractivity contribution in [2.75, 3.05) is 20.1 Å². The molecule has 3 aromatic heterocycles. The first-order valence-electron chi connectivity index (χ1n) is 13.3. The molecule has 0 radical (unpaired) electrons. The van der Waals surface area contributed by atoms with Crippen molar-refractivity contribution in [3.05, 3.63) is 70.1 Å². The summed E-state index contributed by atoms with van der Waals surface area (Å²) in [7, 11) is 2.11. The molecular formula is C29H29ClN6O4S. The van der Waals surface area contributed by atoms with Gasteiger partial charge in [0.2, 0.25) is 11.8 Å². The lowest BCUT2D eigenvalue weighted by Gasteiger charge is -2.30. The number of imidazole rings is 1. The van der Waals surface area contributed by atoms with Gasteiger partial charge < -0.3 is 24.5 Å². The van der Waals surface area contributed by atoms with Crippen LogP contribution in [-0.2, 0) is 0 Å². The lowest BCUT2D eigenvalue weighted by molar-refractivity contribution is 0.0998. The third-order valence-electron chi connectivity index (χ3n) is 7.16. The average Bonchev–Trinajstić information content (AvgIpc) is 3.69. The summed E-state index contributed by atoms with van der Waals surface area (Å²) in [5, 5.41) is 9.21. The molecule has 6 rings (SSSR count). The number of rotatable bonds is 8. The van der Waals surface area contributed by atoms with Gasteiger partial charge in [0.1, 0.15) is 39.9 Å². The fraction of sp³-hybridized carbons (Fsp3) is 0.310. The Kier molecular flexibility index (Phi) is 7.41. The van der Waals surface area contributed by atoms with Crippen molar-refractivity contribution in [1.82, 2.24) is 24.6 Å². The first-order valence-corrected chi connectivity index (χ1v) is 14.5. The largest absolute Gasteiger partial charge is 0.489 e. The van der Waals surface area contributed by atoms with Crippen molar-refractivity contribution in [1.29, 1.82) is 0 Å². The third kappa shape index (κ3) is 5.52. The number of hydrogen-bond donors (Lipinski definition) is 1. The molecule has 1 aliphatic heterocycles. The van der Waals surface area contributed by atoms with Crippen molar-refractivity contribution < 1.29 is 18.7 Å². The fourth-order valence-electron chi connectivity index (χ4n) is 4.94. The second-order valence-electron chi connectivity index (χ2n) is 10.1. The summed E-state index contributed by atoms with van der Waals surface area (Å²) < 4.78 is 20.0. The molecule has 2 N–H and O–H groups in total. The number of nitrogens with zero attached hydrogens (tertiary/aromatic N) is 5. The van der Waals surface area contributed by atoms with E-state index in [1.54, 1.807) is 19.3 Å². The van der Waals surface area contributed by atoms with Gasteiger partial charge in [-0.25, -0.2) is 4.98 Å². The maximum absolute atomic E-state index is 12.4. The molecule has 0 bridgehead atoms. The Morgan fingerprint density at radius 2 is 1.98 bits per heavy atom. The van der Waals surface area contributed by atoms with Crippen LogP contribution in [-0.4, -0.2) is 56.8 Å². The van der Waals surface area contributed by atoms with Gasteiger partial charge in [-0.2, -0.15) is 0 Å². The zero-order valence-corrected chi connectivity index (χ0v) is 24.4. The minimum Gasteiger partial charge on any atom is -0.489 e. The summed E-state index contributed by atoms with van der Waals surface area (Å²) in [5.41, 5.74) is 8.85. The third-order valence-corrected chi connectivity index (χ3v) is 8.70. The Balaban J connectivity index is 1.25. The van der Waals surface area contributed by atoms with Crippen molar-refractivity contribution in [3.63, 3.8) is 0 Å². The van der Waals surface area contributed by atoms with Crippen LogP contribution in [0.25, 0.3) is 27.5 Å². The number of piperidine rings is 1. The number of benzene rings is 2. The maximum Gasteiger partial charge on any atom is 0.262 e. The molecule has 1 amide bonds. The van der Waals surface area contributed by atoms with Gasteiger partial charge in [0.25, 0.3) is 5.91 Å². The molecule has 0 aliphatic carbocycles. The topological polar surface area (TPSA) is 122 Å². The average molecular weight is 593 g/mol. The van der Waals surface area contributed by atoms with E-state index < -0.39 is 12.0 Å². The zero-order valence-electron chi connectivity index (χ0n) is 22.8. The molecule has 4 heterocycles. The minimum absolute atomic E-state index is 0.119. The van der Waals surface area contributed by atoms with E-state index in [9.17, 15) is 4.79 Å². The molecule has 1 aliphatic rings. The van der Waals surface area contributed by atoms with Gasteiger partial charge in [0.15, 0.2) is 0 Å². The first-order chi connectivity index (χ1) is 19.8. The summed E-state index contributed by atoms with van der Waals surface area (Å²) in [6, 6.07) is 13.2. The number of nitrogens with two attached hydrogens (primary N) is 1. The van der Waals surface area contributed by atoms with Crippen LogP contribution in [0.5, 0.6) is 11.5 Å². The number of halogens is 1. The molecule has 1 atom stereocenters. The standard InChI is InChI=1S/C29H29ClN6O4S/c1-16(20-5-4-6-23(26(20)30)40-19-9-11-35(3)12-10-19)38-24-14-25(41-27(24)28(31)37)36-15-32-21-13-18(7-8-22(21)36)29-34-33-17(2)39-29/h4-8,13-16,19H,9-12H2,1-3H3,(H2,31,37). The van der Waals surface area contributed by atoms with Crippen LogP contribution in [0.2, 0.25) is 5.02 Å². The lowest BCUT2D eigenvalue weighted by Crippen LogP contribution is -2.35. The van der Waals surface area contributed by atoms with Gasteiger partial charge in [0.05, 0.1) is 16.1 Å². The van der Waals surface area contributed by atoms with E-state index >= 15 is 0 Å². The number of carbonyl (C=O) groups is 1. The van der Waals surface area contributed by atoms with Crippen LogP contribution >= 0.6 is 22.9 Å². The van der Waals surface area contributed by atoms with Gasteiger partial charge in [-0.3, -0.25) is 9.36 Å². The predicted octanol–water partition coefficient (Wildman–Crippen LogP) is 5.81. The summed E-state index contributed by atoms with van der Waals surface area (Å²) in [6.45, 7) is 5.61. The molecule has 0 spiro atoms. The van der Waals surface area contributed by atoms with E-state index in [4.69, 9.17) is 31.2 Å². The number of aromatic nitrogens is 4. The molecule has 1 fully saturated rings. The summed E-state index contributed by atoms with van der Waals surface area (Å²) >= 11 is 8.03. The van der Waals surface area contributed by atoms with Gasteiger partial charge in [-0.15, -0.1) is 21.5 Å². The van der Waals surface area contributed by atoms with E-state index in [2.05, 4.69) is 27.1 Å². The highest BCUT2D eigenvalue weighted by molar-refractivity contribution is 7.16. The second-order valence-corrected chi connectivity index (χ2v) is 11.5. The fourth-order valence-corrected chi connectivity index (χ4v) is 6.19. The Morgan fingerprint density at radius 1 is 1.17 bits per heavy atom. The van der Waals surface area contributed by atoms with Crippen LogP contribution in [0.4, 0.5) is 0 Å². The van der Waals surface area contributed by atoms with E-state index in [0.29, 0.717) is 33.2 Å². The van der Waals surface area contributed by atoms with E-state index in [-0.39, 0.29) is 6.10 Å². The number of likely N-dealkylation sites (tertiary alicyclic amines) is 1. The van der Waals surface area contributed by atoms with Crippen molar-refractivity contribution in [2.45, 2.75) is 38.9 Å². The molecule has 0 saturated carbocycles. The van der Waals surface area contributed by atoms with Gasteiger partial charge in [-0.1, -0.05) is 23.7 Å². The second kappa shape index (κ2) is 11.2. The number of hydrogen-bond acceptors (Lipinski definition) is 9. The van der Waals surface area contributed by atoms with Crippen LogP contribution in [0, 0.1) is 6.92 Å². The monoisotopic (exact) mass is 592 g/mol. The zero-order chi connectivity index (χ0) is 28.7. The van der Waals surface area contributed by atoms with E-state index in [0.717, 1.165) is 53.1 Å². The molecule has 2 aromatic carbocycles. The molecular weight excluding hydrogens is 564 g/mol. The molecule has 212 valence electrons. The summed E-state index contributed by atoms with van der Waals surface area (Å²) in [6.07, 6.45) is 3.24. The quantitative estimate of drug-likeness (QED) is 0.239. The predicted molar refractivity (Wildman–Crippen MR) is 157 cm³/mol. The Bertz CT molecular complexity index is 1720. The van der Waals surface area contributed by atoms with Gasteiger partial charge in [0, 0.05) is 37.2 Å². The van der Waals surface area contributed by atoms with Gasteiger partial charge >= 0.3 is 0 Å². The number of aryl methyl sites for hydroxylation is 1. The van der Waals surface area contributed by atoms with Crippen molar-refractivity contribution >= 4 is 39.9 Å². The minimum atomic E-state index is -0.577. The molecule has 10 nitrogen and oxygen atoms in total. The number of amides is 1. The Labute approximate surface area is 245 Å². The molecule has 1 saturated heterocycles. The Morgan fingerprint density at radius 3 is 2.71 bits per heavy atom. The summed E-state index contributed by atoms with van der Waals surface area (Å²) in [5.74, 6) is 1.35. The molecule has 12 heteroatoms. The number of carbonyl (C=O) groups excluding carboxylic acids is 1. The SMILES string of the molecule is Cc1nnc(-c2ccc3c(c2)ncn3-c2cc(OC(C)c3cccc(OC4CCN(C)CC4)c3Cl)c(C(N)=O)s2)o1. The van der Waals surface area contributed by atoms with Crippen molar-refractivity contribution in [2.24, 2.45) is 5.73 Å². The highest BCUT2D eigenvalue weighted by Crippen LogP contribution is 2.39. The highest BCUT2D eigenvalue weighted by Gasteiger charge is 2.24. The first kappa shape index (κ1) is 27.3. The highest BCUT2D eigenvalue weighted by atomic mass is 35.5. The Hall–Kier alpha value is -3.93. The van der Waals surface area contributed by atoms with Gasteiger partial charge in [-0.05, 0) is 51.1 Å². The molecule has 5 aromatic rings. The smallest absolute Gasteiger partial charge is 0.262 e. The maximum atomic E-state index is 12.4. The number of fused-ring (bicyclic) bond motifs is 1. The lowest BCUT2D eigenvalue weighted by atomic mass is 10.1.